The molecule has 0 fully saturated rings. The second-order valence-electron chi connectivity index (χ2n) is 3.56. The third kappa shape index (κ3) is 3.03. The monoisotopic (exact) mass is 224 g/mol. The Morgan fingerprint density at radius 2 is 2.06 bits per heavy atom. The first-order valence-corrected chi connectivity index (χ1v) is 4.97. The summed E-state index contributed by atoms with van der Waals surface area (Å²) in [5.41, 5.74) is 6.29. The maximum atomic E-state index is 9.75. The molecule has 1 aromatic rings. The number of rotatable bonds is 5. The van der Waals surface area contributed by atoms with Crippen LogP contribution in [0.25, 0.3) is 0 Å². The van der Waals surface area contributed by atoms with Crippen molar-refractivity contribution in [1.82, 2.24) is 0 Å². The van der Waals surface area contributed by atoms with Gasteiger partial charge in [0, 0.05) is 12.2 Å². The predicted molar refractivity (Wildman–Crippen MR) is 60.1 cm³/mol. The fraction of sp³-hybridized carbons (Fsp3) is 0.364. The summed E-state index contributed by atoms with van der Waals surface area (Å²) in [6, 6.07) is 6.49. The first-order chi connectivity index (χ1) is 7.56. The maximum absolute atomic E-state index is 9.75. The van der Waals surface area contributed by atoms with Crippen LogP contribution in [0, 0.1) is 5.41 Å². The summed E-state index contributed by atoms with van der Waals surface area (Å²) in [7, 11) is 0. The molecular formula is C11H16N2O3. The lowest BCUT2D eigenvalue weighted by molar-refractivity contribution is 0.00421. The average Bonchev–Trinajstić information content (AvgIpc) is 2.28. The quantitative estimate of drug-likeness (QED) is 0.351. The molecular weight excluding hydrogens is 208 g/mol. The normalized spacial score (nSPS) is 14.4. The van der Waals surface area contributed by atoms with E-state index in [1.807, 2.05) is 0 Å². The van der Waals surface area contributed by atoms with Gasteiger partial charge in [0.1, 0.15) is 11.9 Å². The van der Waals surface area contributed by atoms with Crippen molar-refractivity contribution >= 4 is 5.84 Å². The molecule has 0 amide bonds. The third-order valence-corrected chi connectivity index (χ3v) is 2.33. The topological polar surface area (TPSA) is 111 Å². The summed E-state index contributed by atoms with van der Waals surface area (Å²) in [5, 5.41) is 35.2. The lowest BCUT2D eigenvalue weighted by atomic mass is 10.00. The number of benzene rings is 1. The lowest BCUT2D eigenvalue weighted by Crippen LogP contribution is -2.20. The Kier molecular flexibility index (Phi) is 4.42. The van der Waals surface area contributed by atoms with Crippen molar-refractivity contribution in [3.8, 4) is 0 Å². The van der Waals surface area contributed by atoms with Gasteiger partial charge in [-0.1, -0.05) is 18.2 Å². The Morgan fingerprint density at radius 1 is 1.38 bits per heavy atom. The number of hydrogen-bond donors (Lipinski definition) is 5. The molecule has 0 saturated heterocycles. The number of nitrogens with one attached hydrogen (secondary N) is 1. The van der Waals surface area contributed by atoms with Gasteiger partial charge in [-0.05, 0) is 18.1 Å². The van der Waals surface area contributed by atoms with Gasteiger partial charge in [-0.15, -0.1) is 0 Å². The minimum absolute atomic E-state index is 0.0919. The van der Waals surface area contributed by atoms with Crippen LogP contribution in [0.2, 0.25) is 0 Å². The molecule has 88 valence electrons. The molecule has 16 heavy (non-hydrogen) atoms. The van der Waals surface area contributed by atoms with Crippen LogP contribution in [0.1, 0.15) is 23.7 Å². The van der Waals surface area contributed by atoms with E-state index >= 15 is 0 Å². The van der Waals surface area contributed by atoms with Crippen LogP contribution >= 0.6 is 0 Å². The molecule has 0 aliphatic carbocycles. The molecule has 2 unspecified atom stereocenters. The second-order valence-corrected chi connectivity index (χ2v) is 3.56. The van der Waals surface area contributed by atoms with Crippen LogP contribution in [-0.4, -0.2) is 33.9 Å². The zero-order chi connectivity index (χ0) is 12.1. The summed E-state index contributed by atoms with van der Waals surface area (Å²) >= 11 is 0. The fourth-order valence-electron chi connectivity index (χ4n) is 1.40. The number of nitrogen functional groups attached to an aromatic ring is 1. The van der Waals surface area contributed by atoms with Crippen molar-refractivity contribution in [2.24, 2.45) is 5.73 Å². The van der Waals surface area contributed by atoms with Gasteiger partial charge in [-0.2, -0.15) is 0 Å². The molecule has 0 heterocycles. The minimum atomic E-state index is -1.08. The highest BCUT2D eigenvalue weighted by molar-refractivity contribution is 5.95. The lowest BCUT2D eigenvalue weighted by Gasteiger charge is -2.17. The van der Waals surface area contributed by atoms with Crippen molar-refractivity contribution < 1.29 is 15.3 Å². The average molecular weight is 224 g/mol. The van der Waals surface area contributed by atoms with E-state index in [4.69, 9.17) is 16.2 Å². The molecule has 5 heteroatoms. The van der Waals surface area contributed by atoms with Crippen LogP contribution in [0.4, 0.5) is 0 Å². The smallest absolute Gasteiger partial charge is 0.122 e. The molecule has 0 radical (unpaired) electrons. The fourth-order valence-corrected chi connectivity index (χ4v) is 1.40. The molecule has 1 rings (SSSR count). The van der Waals surface area contributed by atoms with Gasteiger partial charge in [0.15, 0.2) is 0 Å². The van der Waals surface area contributed by atoms with Crippen molar-refractivity contribution in [2.75, 3.05) is 6.61 Å². The highest BCUT2D eigenvalue weighted by atomic mass is 16.3. The van der Waals surface area contributed by atoms with E-state index in [1.165, 1.54) is 0 Å². The molecule has 0 saturated carbocycles. The van der Waals surface area contributed by atoms with E-state index in [2.05, 4.69) is 0 Å². The minimum Gasteiger partial charge on any atom is -0.396 e. The van der Waals surface area contributed by atoms with Gasteiger partial charge in [-0.3, -0.25) is 5.41 Å². The molecule has 5 nitrogen and oxygen atoms in total. The van der Waals surface area contributed by atoms with Crippen LogP contribution in [0.5, 0.6) is 0 Å². The summed E-state index contributed by atoms with van der Waals surface area (Å²) in [5.74, 6) is -0.0919. The Labute approximate surface area is 93.7 Å². The number of hydrogen-bond acceptors (Lipinski definition) is 4. The Morgan fingerprint density at radius 3 is 2.62 bits per heavy atom. The SMILES string of the molecule is N=C(N)c1cccc(C(O)C(O)CCO)c1. The van der Waals surface area contributed by atoms with E-state index in [-0.39, 0.29) is 18.9 Å². The highest BCUT2D eigenvalue weighted by Crippen LogP contribution is 2.19. The molecule has 0 spiro atoms. The van der Waals surface area contributed by atoms with E-state index in [0.717, 1.165) is 0 Å². The summed E-state index contributed by atoms with van der Waals surface area (Å²) < 4.78 is 0. The number of amidine groups is 1. The largest absolute Gasteiger partial charge is 0.396 e. The third-order valence-electron chi connectivity index (χ3n) is 2.33. The molecule has 0 aliphatic heterocycles. The van der Waals surface area contributed by atoms with E-state index in [1.54, 1.807) is 24.3 Å². The van der Waals surface area contributed by atoms with Gasteiger partial charge in [0.2, 0.25) is 0 Å². The van der Waals surface area contributed by atoms with Crippen LogP contribution in [0.15, 0.2) is 24.3 Å². The summed E-state index contributed by atoms with van der Waals surface area (Å²) in [6.45, 7) is -0.190. The van der Waals surface area contributed by atoms with Gasteiger partial charge in [0.05, 0.1) is 6.10 Å². The van der Waals surface area contributed by atoms with E-state index in [0.29, 0.717) is 11.1 Å². The highest BCUT2D eigenvalue weighted by Gasteiger charge is 2.18. The maximum Gasteiger partial charge on any atom is 0.122 e. The standard InChI is InChI=1S/C11H16N2O3/c12-11(13)8-3-1-2-7(6-8)10(16)9(15)4-5-14/h1-3,6,9-10,14-16H,4-5H2,(H3,12,13). The Bertz CT molecular complexity index is 368. The summed E-state index contributed by atoms with van der Waals surface area (Å²) in [6.07, 6.45) is -2.00. The Balaban J connectivity index is 2.86. The second kappa shape index (κ2) is 5.60. The number of aliphatic hydroxyl groups is 3. The van der Waals surface area contributed by atoms with E-state index < -0.39 is 12.2 Å². The molecule has 0 bridgehead atoms. The molecule has 2 atom stereocenters. The first kappa shape index (κ1) is 12.6. The molecule has 1 aromatic carbocycles. The van der Waals surface area contributed by atoms with Gasteiger partial charge in [0.25, 0.3) is 0 Å². The number of aliphatic hydroxyl groups excluding tert-OH is 3. The zero-order valence-corrected chi connectivity index (χ0v) is 8.80. The van der Waals surface area contributed by atoms with Gasteiger partial charge < -0.3 is 21.1 Å². The van der Waals surface area contributed by atoms with Crippen molar-refractivity contribution in [2.45, 2.75) is 18.6 Å². The van der Waals surface area contributed by atoms with Crippen LogP contribution in [0.3, 0.4) is 0 Å². The van der Waals surface area contributed by atoms with Crippen LogP contribution in [-0.2, 0) is 0 Å². The molecule has 0 aliphatic rings. The van der Waals surface area contributed by atoms with Gasteiger partial charge >= 0.3 is 0 Å². The van der Waals surface area contributed by atoms with Crippen LogP contribution < -0.4 is 5.73 Å². The van der Waals surface area contributed by atoms with Gasteiger partial charge in [-0.25, -0.2) is 0 Å². The summed E-state index contributed by atoms with van der Waals surface area (Å²) in [4.78, 5) is 0. The Hall–Kier alpha value is -1.43. The predicted octanol–water partition coefficient (Wildman–Crippen LogP) is -0.253. The van der Waals surface area contributed by atoms with E-state index in [9.17, 15) is 10.2 Å². The first-order valence-electron chi connectivity index (χ1n) is 4.97. The van der Waals surface area contributed by atoms with Crippen molar-refractivity contribution in [3.05, 3.63) is 35.4 Å². The number of nitrogens with two attached hydrogens (primary N) is 1. The zero-order valence-electron chi connectivity index (χ0n) is 8.80. The van der Waals surface area contributed by atoms with Crippen molar-refractivity contribution in [3.63, 3.8) is 0 Å². The molecule has 6 N–H and O–H groups in total. The van der Waals surface area contributed by atoms with Crippen molar-refractivity contribution in [1.29, 1.82) is 5.41 Å². The molecule has 0 aromatic heterocycles.